The number of carbonyl (C=O) groups is 2. The summed E-state index contributed by atoms with van der Waals surface area (Å²) in [6, 6.07) is 7.06. The highest BCUT2D eigenvalue weighted by Crippen LogP contribution is 2.22. The van der Waals surface area contributed by atoms with E-state index in [-0.39, 0.29) is 10.2 Å². The second kappa shape index (κ2) is 64.1. The van der Waals surface area contributed by atoms with E-state index < -0.39 is 24.4 Å². The summed E-state index contributed by atoms with van der Waals surface area (Å²) < 4.78 is 0. The summed E-state index contributed by atoms with van der Waals surface area (Å²) >= 11 is 2.54. The Kier molecular flexibility index (Phi) is 61.9. The average Bonchev–Trinajstić information content (AvgIpc) is 3.71. The Balaban J connectivity index is 2.71. The molecule has 506 valence electrons. The molecule has 4 unspecified atom stereocenters. The molecule has 0 bridgehead atoms. The Morgan fingerprint density at radius 3 is 0.628 bits per heavy atom. The third-order valence-corrected chi connectivity index (χ3v) is 19.8. The van der Waals surface area contributed by atoms with Crippen LogP contribution in [0.4, 0.5) is 0 Å². The topological polar surface area (TPSA) is 122 Å². The van der Waals surface area contributed by atoms with Crippen molar-refractivity contribution in [3.8, 4) is 0 Å². The smallest absolute Gasteiger partial charge is 0.219 e. The van der Waals surface area contributed by atoms with Crippen molar-refractivity contribution >= 4 is 33.8 Å². The van der Waals surface area contributed by atoms with Crippen molar-refractivity contribution in [3.05, 3.63) is 35.4 Å². The van der Waals surface area contributed by atoms with Crippen molar-refractivity contribution in [3.63, 3.8) is 0 Å². The van der Waals surface area contributed by atoms with Gasteiger partial charge in [-0.2, -0.15) is 0 Å². The Hall–Kier alpha value is -0.980. The molecule has 4 N–H and O–H groups in total. The van der Waals surface area contributed by atoms with E-state index in [1.807, 2.05) is 0 Å². The van der Waals surface area contributed by atoms with E-state index in [1.54, 1.807) is 24.3 Å². The van der Waals surface area contributed by atoms with Crippen LogP contribution >= 0.6 is 23.5 Å². The second-order valence-corrected chi connectivity index (χ2v) is 28.8. The van der Waals surface area contributed by atoms with Crippen LogP contribution in [0.1, 0.15) is 382 Å². The highest BCUT2D eigenvalue weighted by Gasteiger charge is 2.20. The number of hydrogen-bond donors (Lipinski definition) is 4. The molecule has 0 fully saturated rings. The summed E-state index contributed by atoms with van der Waals surface area (Å²) in [5, 5.41) is 44.8. The molecule has 1 aromatic carbocycles. The third kappa shape index (κ3) is 54.7. The van der Waals surface area contributed by atoms with Crippen molar-refractivity contribution in [2.75, 3.05) is 50.8 Å². The Bertz CT molecular complexity index is 1390. The summed E-state index contributed by atoms with van der Waals surface area (Å²) in [6.45, 7) is 12.4. The van der Waals surface area contributed by atoms with E-state index in [9.17, 15) is 30.0 Å². The molecule has 0 radical (unpaired) electrons. The fourth-order valence-electron chi connectivity index (χ4n) is 12.4. The SMILES string of the molecule is CCCCCCCCCCCCCCC(O)CN(CCSC(=O)c1ccc(C(=O)SCCN(CC(O)CCCCCCCCCCCCCC)CC(O)CCCCCCCCCCCCCC)cc1)CC(O)CCCCCCCCCCCCCC. The molecular formula is C76H144N2O6S2. The van der Waals surface area contributed by atoms with Crippen molar-refractivity contribution in [2.24, 2.45) is 0 Å². The maximum absolute atomic E-state index is 13.5. The minimum atomic E-state index is -0.454. The molecular weight excluding hydrogens is 1100 g/mol. The molecule has 0 heterocycles. The van der Waals surface area contributed by atoms with Gasteiger partial charge in [0.05, 0.1) is 24.4 Å². The molecule has 0 amide bonds. The molecule has 0 saturated heterocycles. The molecule has 0 aliphatic heterocycles. The van der Waals surface area contributed by atoms with E-state index in [4.69, 9.17) is 0 Å². The van der Waals surface area contributed by atoms with Gasteiger partial charge in [-0.15, -0.1) is 0 Å². The van der Waals surface area contributed by atoms with Crippen LogP contribution in [-0.2, 0) is 0 Å². The lowest BCUT2D eigenvalue weighted by molar-refractivity contribution is 0.0634. The van der Waals surface area contributed by atoms with Gasteiger partial charge in [-0.1, -0.05) is 359 Å². The monoisotopic (exact) mass is 1250 g/mol. The van der Waals surface area contributed by atoms with Crippen molar-refractivity contribution < 1.29 is 30.0 Å². The first-order valence-electron chi connectivity index (χ1n) is 37.7. The van der Waals surface area contributed by atoms with Gasteiger partial charge in [0.15, 0.2) is 0 Å². The van der Waals surface area contributed by atoms with Gasteiger partial charge >= 0.3 is 0 Å². The van der Waals surface area contributed by atoms with Crippen LogP contribution < -0.4 is 0 Å². The van der Waals surface area contributed by atoms with Crippen LogP contribution in [0, 0.1) is 0 Å². The number of benzene rings is 1. The van der Waals surface area contributed by atoms with Crippen LogP contribution in [0.5, 0.6) is 0 Å². The van der Waals surface area contributed by atoms with E-state index >= 15 is 0 Å². The summed E-state index contributed by atoms with van der Waals surface area (Å²) in [7, 11) is 0. The van der Waals surface area contributed by atoms with Gasteiger partial charge in [0.2, 0.25) is 10.2 Å². The molecule has 0 aliphatic carbocycles. The zero-order chi connectivity index (χ0) is 62.4. The van der Waals surface area contributed by atoms with Gasteiger partial charge in [0, 0.05) is 61.9 Å². The normalized spacial score (nSPS) is 13.3. The second-order valence-electron chi connectivity index (χ2n) is 26.7. The number of hydrogen-bond acceptors (Lipinski definition) is 10. The van der Waals surface area contributed by atoms with Gasteiger partial charge in [-0.05, 0) is 49.9 Å². The molecule has 0 aliphatic rings. The molecule has 4 atom stereocenters. The summed E-state index contributed by atoms with van der Waals surface area (Å²) in [5.41, 5.74) is 1.13. The van der Waals surface area contributed by atoms with Gasteiger partial charge in [-0.3, -0.25) is 19.4 Å². The summed E-state index contributed by atoms with van der Waals surface area (Å²) in [6.07, 6.45) is 63.3. The fraction of sp³-hybridized carbons (Fsp3) is 0.895. The minimum absolute atomic E-state index is 0.0366. The first kappa shape index (κ1) is 83.0. The molecule has 1 aromatic rings. The van der Waals surface area contributed by atoms with Crippen LogP contribution in [0.3, 0.4) is 0 Å². The largest absolute Gasteiger partial charge is 0.392 e. The van der Waals surface area contributed by atoms with Crippen molar-refractivity contribution in [1.82, 2.24) is 9.80 Å². The minimum Gasteiger partial charge on any atom is -0.392 e. The van der Waals surface area contributed by atoms with Gasteiger partial charge in [-0.25, -0.2) is 0 Å². The van der Waals surface area contributed by atoms with Crippen molar-refractivity contribution in [1.29, 1.82) is 0 Å². The lowest BCUT2D eigenvalue weighted by Crippen LogP contribution is -2.39. The number of unbranched alkanes of at least 4 members (excludes halogenated alkanes) is 44. The number of aliphatic hydroxyl groups is 4. The average molecular weight is 1250 g/mol. The standard InChI is InChI=1S/C76H144N2O6S2/c1-5-9-13-17-21-25-29-33-37-41-45-49-53-71(79)65-77(66-72(80)54-50-46-42-38-34-30-26-22-18-14-10-6-2)61-63-85-75(83)69-57-59-70(60-58-69)76(84)86-64-62-78(67-73(81)55-51-47-43-39-35-31-27-23-19-15-11-7-3)68-74(82)56-52-48-44-40-36-32-28-24-20-16-12-8-4/h57-60,71-74,79-82H,5-56,61-68H2,1-4H3. The predicted octanol–water partition coefficient (Wildman–Crippen LogP) is 21.8. The predicted molar refractivity (Wildman–Crippen MR) is 380 cm³/mol. The Morgan fingerprint density at radius 1 is 0.291 bits per heavy atom. The van der Waals surface area contributed by atoms with Gasteiger partial charge < -0.3 is 20.4 Å². The zero-order valence-electron chi connectivity index (χ0n) is 57.4. The molecule has 8 nitrogen and oxygen atoms in total. The third-order valence-electron chi connectivity index (χ3n) is 18.1. The van der Waals surface area contributed by atoms with E-state index in [0.717, 1.165) is 77.0 Å². The quantitative estimate of drug-likeness (QED) is 0.0469. The van der Waals surface area contributed by atoms with Crippen molar-refractivity contribution in [2.45, 2.75) is 386 Å². The van der Waals surface area contributed by atoms with Crippen LogP contribution in [-0.4, -0.2) is 116 Å². The lowest BCUT2D eigenvalue weighted by atomic mass is 10.0. The fourth-order valence-corrected chi connectivity index (χ4v) is 14.1. The van der Waals surface area contributed by atoms with Crippen LogP contribution in [0.2, 0.25) is 0 Å². The van der Waals surface area contributed by atoms with Crippen LogP contribution in [0.15, 0.2) is 24.3 Å². The maximum atomic E-state index is 13.5. The number of aliphatic hydroxyl groups excluding tert-OH is 4. The highest BCUT2D eigenvalue weighted by atomic mass is 32.2. The molecule has 1 rings (SSSR count). The molecule has 10 heteroatoms. The molecule has 86 heavy (non-hydrogen) atoms. The van der Waals surface area contributed by atoms with E-state index in [2.05, 4.69) is 37.5 Å². The van der Waals surface area contributed by atoms with E-state index in [1.165, 1.54) is 280 Å². The molecule has 0 saturated carbocycles. The van der Waals surface area contributed by atoms with Gasteiger partial charge in [0.25, 0.3) is 0 Å². The lowest BCUT2D eigenvalue weighted by Gasteiger charge is -2.27. The highest BCUT2D eigenvalue weighted by molar-refractivity contribution is 8.14. The first-order chi connectivity index (χ1) is 42.1. The summed E-state index contributed by atoms with van der Waals surface area (Å²) in [5.74, 6) is 1.12. The van der Waals surface area contributed by atoms with E-state index in [0.29, 0.717) is 61.9 Å². The number of nitrogens with zero attached hydrogens (tertiary/aromatic N) is 2. The number of rotatable bonds is 68. The maximum Gasteiger partial charge on any atom is 0.219 e. The number of carbonyl (C=O) groups excluding carboxylic acids is 2. The Labute approximate surface area is 542 Å². The molecule has 0 aromatic heterocycles. The zero-order valence-corrected chi connectivity index (χ0v) is 59.0. The first-order valence-corrected chi connectivity index (χ1v) is 39.7. The van der Waals surface area contributed by atoms with Gasteiger partial charge in [0.1, 0.15) is 0 Å². The summed E-state index contributed by atoms with van der Waals surface area (Å²) in [4.78, 5) is 31.4. The van der Waals surface area contributed by atoms with Crippen LogP contribution in [0.25, 0.3) is 0 Å². The molecule has 0 spiro atoms. The number of thioether (sulfide) groups is 2. The Morgan fingerprint density at radius 2 is 0.453 bits per heavy atom.